The number of carboxylic acid groups (broad SMARTS) is 1. The second kappa shape index (κ2) is 6.17. The van der Waals surface area contributed by atoms with E-state index in [2.05, 4.69) is 4.72 Å². The van der Waals surface area contributed by atoms with Gasteiger partial charge in [-0.25, -0.2) is 13.1 Å². The summed E-state index contributed by atoms with van der Waals surface area (Å²) in [5.41, 5.74) is 0. The van der Waals surface area contributed by atoms with Gasteiger partial charge >= 0.3 is 5.97 Å². The van der Waals surface area contributed by atoms with Crippen LogP contribution >= 0.6 is 0 Å². The van der Waals surface area contributed by atoms with E-state index in [0.29, 0.717) is 13.2 Å². The van der Waals surface area contributed by atoms with Crippen LogP contribution in [0.15, 0.2) is 0 Å². The van der Waals surface area contributed by atoms with Crippen LogP contribution in [0.4, 0.5) is 0 Å². The monoisotopic (exact) mass is 251 g/mol. The molecular formula is C9H17NO5S. The number of nitrogens with one attached hydrogen (secondary N) is 1. The third-order valence-electron chi connectivity index (χ3n) is 2.31. The minimum Gasteiger partial charge on any atom is -0.481 e. The summed E-state index contributed by atoms with van der Waals surface area (Å²) in [5, 5.41) is 8.40. The second-order valence-electron chi connectivity index (χ2n) is 3.85. The number of carboxylic acids is 1. The highest BCUT2D eigenvalue weighted by molar-refractivity contribution is 7.89. The fourth-order valence-electron chi connectivity index (χ4n) is 1.56. The Morgan fingerprint density at radius 1 is 1.50 bits per heavy atom. The van der Waals surface area contributed by atoms with Gasteiger partial charge in [-0.05, 0) is 19.3 Å². The van der Waals surface area contributed by atoms with Gasteiger partial charge in [-0.2, -0.15) is 0 Å². The zero-order valence-corrected chi connectivity index (χ0v) is 9.83. The summed E-state index contributed by atoms with van der Waals surface area (Å²) in [6.45, 7) is 1.08. The molecule has 1 unspecified atom stereocenters. The van der Waals surface area contributed by atoms with Crippen LogP contribution in [0.3, 0.4) is 0 Å². The predicted octanol–water partition coefficient (Wildman–Crippen LogP) is -0.0504. The Morgan fingerprint density at radius 3 is 2.81 bits per heavy atom. The minimum atomic E-state index is -3.37. The van der Waals surface area contributed by atoms with Gasteiger partial charge in [0, 0.05) is 19.1 Å². The lowest BCUT2D eigenvalue weighted by Gasteiger charge is -2.22. The molecule has 0 spiro atoms. The maximum Gasteiger partial charge on any atom is 0.303 e. The van der Waals surface area contributed by atoms with Gasteiger partial charge in [-0.15, -0.1) is 0 Å². The molecule has 0 bridgehead atoms. The average molecular weight is 251 g/mol. The van der Waals surface area contributed by atoms with E-state index in [1.54, 1.807) is 0 Å². The zero-order valence-electron chi connectivity index (χ0n) is 9.02. The first-order valence-electron chi connectivity index (χ1n) is 5.29. The molecule has 2 N–H and O–H groups in total. The van der Waals surface area contributed by atoms with E-state index in [0.717, 1.165) is 12.8 Å². The van der Waals surface area contributed by atoms with Gasteiger partial charge in [0.1, 0.15) is 0 Å². The Labute approximate surface area is 95.0 Å². The summed E-state index contributed by atoms with van der Waals surface area (Å²) in [5.74, 6) is -1.12. The van der Waals surface area contributed by atoms with Crippen molar-refractivity contribution < 1.29 is 23.1 Å². The zero-order chi connectivity index (χ0) is 12.0. The van der Waals surface area contributed by atoms with Gasteiger partial charge in [0.05, 0.1) is 12.4 Å². The summed E-state index contributed by atoms with van der Waals surface area (Å²) >= 11 is 0. The van der Waals surface area contributed by atoms with Gasteiger partial charge in [-0.3, -0.25) is 4.79 Å². The highest BCUT2D eigenvalue weighted by Gasteiger charge is 2.20. The molecule has 0 aromatic carbocycles. The molecule has 0 aromatic heterocycles. The first-order chi connectivity index (χ1) is 7.49. The molecule has 7 heteroatoms. The van der Waals surface area contributed by atoms with Crippen molar-refractivity contribution >= 4 is 16.0 Å². The van der Waals surface area contributed by atoms with Crippen LogP contribution in [0.1, 0.15) is 25.7 Å². The molecule has 1 saturated heterocycles. The van der Waals surface area contributed by atoms with Crippen LogP contribution in [-0.2, 0) is 19.6 Å². The number of hydrogen-bond acceptors (Lipinski definition) is 4. The number of ether oxygens (including phenoxy) is 1. The molecule has 16 heavy (non-hydrogen) atoms. The van der Waals surface area contributed by atoms with Crippen LogP contribution in [0.2, 0.25) is 0 Å². The van der Waals surface area contributed by atoms with Gasteiger partial charge in [0.2, 0.25) is 10.0 Å². The standard InChI is InChI=1S/C9H17NO5S/c11-9(12)4-2-6-16(13,14)10-8-3-1-5-15-7-8/h8,10H,1-7H2,(H,11,12). The Kier molecular flexibility index (Phi) is 5.17. The molecule has 0 radical (unpaired) electrons. The molecule has 0 aliphatic carbocycles. The fraction of sp³-hybridized carbons (Fsp3) is 0.889. The van der Waals surface area contributed by atoms with Gasteiger partial charge < -0.3 is 9.84 Å². The maximum atomic E-state index is 11.5. The summed E-state index contributed by atoms with van der Waals surface area (Å²) in [6, 6.07) is -0.163. The van der Waals surface area contributed by atoms with Crippen LogP contribution < -0.4 is 4.72 Å². The van der Waals surface area contributed by atoms with Gasteiger partial charge in [0.15, 0.2) is 0 Å². The van der Waals surface area contributed by atoms with Crippen LogP contribution in [0.5, 0.6) is 0 Å². The smallest absolute Gasteiger partial charge is 0.303 e. The molecule has 1 aliphatic heterocycles. The van der Waals surface area contributed by atoms with E-state index in [1.165, 1.54) is 0 Å². The van der Waals surface area contributed by atoms with E-state index in [9.17, 15) is 13.2 Å². The molecule has 1 rings (SSSR count). The molecular weight excluding hydrogens is 234 g/mol. The Bertz CT molecular complexity index is 321. The van der Waals surface area contributed by atoms with E-state index < -0.39 is 16.0 Å². The van der Waals surface area contributed by atoms with Crippen molar-refractivity contribution in [3.63, 3.8) is 0 Å². The number of sulfonamides is 1. The van der Waals surface area contributed by atoms with Crippen LogP contribution in [0.25, 0.3) is 0 Å². The number of hydrogen-bond donors (Lipinski definition) is 2. The van der Waals surface area contributed by atoms with Crippen molar-refractivity contribution in [1.82, 2.24) is 4.72 Å². The molecule has 0 amide bonds. The highest BCUT2D eigenvalue weighted by atomic mass is 32.2. The molecule has 6 nitrogen and oxygen atoms in total. The lowest BCUT2D eigenvalue weighted by molar-refractivity contribution is -0.137. The Hall–Kier alpha value is -0.660. The number of aliphatic carboxylic acids is 1. The van der Waals surface area contributed by atoms with Crippen molar-refractivity contribution in [3.05, 3.63) is 0 Å². The largest absolute Gasteiger partial charge is 0.481 e. The quantitative estimate of drug-likeness (QED) is 0.690. The Morgan fingerprint density at radius 2 is 2.25 bits per heavy atom. The third kappa shape index (κ3) is 5.43. The summed E-state index contributed by atoms with van der Waals surface area (Å²) in [7, 11) is -3.37. The van der Waals surface area contributed by atoms with Crippen molar-refractivity contribution in [2.24, 2.45) is 0 Å². The highest BCUT2D eigenvalue weighted by Crippen LogP contribution is 2.07. The van der Waals surface area contributed by atoms with Crippen molar-refractivity contribution in [2.75, 3.05) is 19.0 Å². The summed E-state index contributed by atoms with van der Waals surface area (Å²) < 4.78 is 30.7. The molecule has 1 heterocycles. The first-order valence-corrected chi connectivity index (χ1v) is 6.94. The van der Waals surface area contributed by atoms with Crippen molar-refractivity contribution in [3.8, 4) is 0 Å². The lowest BCUT2D eigenvalue weighted by Crippen LogP contribution is -2.41. The normalized spacial score (nSPS) is 21.9. The third-order valence-corrected chi connectivity index (χ3v) is 3.83. The Balaban J connectivity index is 2.29. The van der Waals surface area contributed by atoms with E-state index in [4.69, 9.17) is 9.84 Å². The van der Waals surface area contributed by atoms with Crippen LogP contribution in [0, 0.1) is 0 Å². The second-order valence-corrected chi connectivity index (χ2v) is 5.72. The number of carbonyl (C=O) groups is 1. The van der Waals surface area contributed by atoms with Crippen molar-refractivity contribution in [1.29, 1.82) is 0 Å². The molecule has 0 aromatic rings. The van der Waals surface area contributed by atoms with E-state index in [-0.39, 0.29) is 24.6 Å². The summed E-state index contributed by atoms with van der Waals surface area (Å²) in [4.78, 5) is 10.2. The van der Waals surface area contributed by atoms with Gasteiger partial charge in [0.25, 0.3) is 0 Å². The van der Waals surface area contributed by atoms with Gasteiger partial charge in [-0.1, -0.05) is 0 Å². The lowest BCUT2D eigenvalue weighted by atomic mass is 10.1. The molecule has 1 aliphatic rings. The predicted molar refractivity (Wildman–Crippen MR) is 57.6 cm³/mol. The molecule has 0 saturated carbocycles. The molecule has 1 atom stereocenters. The van der Waals surface area contributed by atoms with Crippen LogP contribution in [-0.4, -0.2) is 44.5 Å². The molecule has 94 valence electrons. The summed E-state index contributed by atoms with van der Waals surface area (Å²) in [6.07, 6.45) is 1.64. The maximum absolute atomic E-state index is 11.5. The van der Waals surface area contributed by atoms with Crippen molar-refractivity contribution in [2.45, 2.75) is 31.7 Å². The topological polar surface area (TPSA) is 92.7 Å². The fourth-order valence-corrected chi connectivity index (χ4v) is 2.90. The molecule has 1 fully saturated rings. The van der Waals surface area contributed by atoms with E-state index in [1.807, 2.05) is 0 Å². The number of rotatable bonds is 6. The minimum absolute atomic E-state index is 0.123. The first kappa shape index (κ1) is 13.4. The average Bonchev–Trinajstić information content (AvgIpc) is 2.17. The SMILES string of the molecule is O=C(O)CCCS(=O)(=O)NC1CCCOC1. The van der Waals surface area contributed by atoms with E-state index >= 15 is 0 Å².